The van der Waals surface area contributed by atoms with Crippen molar-refractivity contribution in [3.63, 3.8) is 0 Å². The van der Waals surface area contributed by atoms with E-state index in [9.17, 15) is 29.4 Å². The molecule has 0 fully saturated rings. The van der Waals surface area contributed by atoms with Crippen LogP contribution in [-0.4, -0.2) is 69.6 Å². The van der Waals surface area contributed by atoms with E-state index in [1.807, 2.05) is 0 Å². The van der Waals surface area contributed by atoms with Crippen molar-refractivity contribution < 1.29 is 29.4 Å². The minimum absolute atomic E-state index is 0.0614. The van der Waals surface area contributed by atoms with Crippen molar-refractivity contribution in [3.05, 3.63) is 29.8 Å². The fraction of sp³-hybridized carbons (Fsp3) is 0.500. The number of aliphatic carboxylic acids is 1. The maximum Gasteiger partial charge on any atom is 0.326 e. The number of rotatable bonds is 12. The van der Waals surface area contributed by atoms with Crippen LogP contribution in [0, 0.1) is 5.92 Å². The van der Waals surface area contributed by atoms with Gasteiger partial charge in [-0.25, -0.2) is 4.79 Å². The first kappa shape index (κ1) is 27.6. The molecule has 0 aliphatic carbocycles. The lowest BCUT2D eigenvalue weighted by Crippen LogP contribution is -2.58. The Labute approximate surface area is 197 Å². The van der Waals surface area contributed by atoms with Gasteiger partial charge in [0.2, 0.25) is 17.7 Å². The molecule has 0 saturated carbocycles. The molecule has 1 rings (SSSR count). The van der Waals surface area contributed by atoms with E-state index < -0.39 is 47.9 Å². The van der Waals surface area contributed by atoms with Crippen molar-refractivity contribution in [2.75, 3.05) is 11.5 Å². The van der Waals surface area contributed by atoms with Gasteiger partial charge in [-0.2, -0.15) is 25.3 Å². The Kier molecular flexibility index (Phi) is 11.4. The molecule has 178 valence electrons. The molecular weight excluding hydrogens is 456 g/mol. The lowest BCUT2D eigenvalue weighted by atomic mass is 10.0. The highest BCUT2D eigenvalue weighted by Crippen LogP contribution is 2.11. The van der Waals surface area contributed by atoms with Crippen LogP contribution in [0.15, 0.2) is 24.3 Å². The molecule has 0 bridgehead atoms. The lowest BCUT2D eigenvalue weighted by molar-refractivity contribution is -0.143. The summed E-state index contributed by atoms with van der Waals surface area (Å²) in [5, 5.41) is 25.9. The lowest BCUT2D eigenvalue weighted by Gasteiger charge is -2.24. The average Bonchev–Trinajstić information content (AvgIpc) is 2.74. The number of nitrogens with one attached hydrogen (secondary N) is 3. The van der Waals surface area contributed by atoms with Crippen LogP contribution in [0.25, 0.3) is 0 Å². The monoisotopic (exact) mass is 486 g/mol. The fourth-order valence-corrected chi connectivity index (χ4v) is 3.20. The van der Waals surface area contributed by atoms with Gasteiger partial charge in [-0.3, -0.25) is 14.4 Å². The quantitative estimate of drug-likeness (QED) is 0.181. The minimum atomic E-state index is -1.19. The highest BCUT2D eigenvalue weighted by molar-refractivity contribution is 7.80. The van der Waals surface area contributed by atoms with Gasteiger partial charge in [0, 0.05) is 11.5 Å². The van der Waals surface area contributed by atoms with E-state index in [-0.39, 0.29) is 29.6 Å². The van der Waals surface area contributed by atoms with Gasteiger partial charge in [0.05, 0.1) is 6.04 Å². The highest BCUT2D eigenvalue weighted by atomic mass is 32.1. The molecule has 4 unspecified atom stereocenters. The number of thiol groups is 2. The molecule has 10 nitrogen and oxygen atoms in total. The van der Waals surface area contributed by atoms with Crippen LogP contribution in [-0.2, 0) is 25.6 Å². The van der Waals surface area contributed by atoms with Gasteiger partial charge in [-0.1, -0.05) is 26.0 Å². The maximum atomic E-state index is 12.6. The summed E-state index contributed by atoms with van der Waals surface area (Å²) >= 11 is 8.13. The molecule has 0 aliphatic rings. The normalized spacial score (nSPS) is 14.7. The summed E-state index contributed by atoms with van der Waals surface area (Å²) in [5.41, 5.74) is 6.64. The van der Waals surface area contributed by atoms with Crippen LogP contribution in [0.1, 0.15) is 19.4 Å². The van der Waals surface area contributed by atoms with Crippen molar-refractivity contribution in [2.45, 2.75) is 44.4 Å². The minimum Gasteiger partial charge on any atom is -0.508 e. The van der Waals surface area contributed by atoms with Gasteiger partial charge in [0.1, 0.15) is 23.9 Å². The zero-order valence-corrected chi connectivity index (χ0v) is 19.6. The first-order valence-electron chi connectivity index (χ1n) is 9.89. The summed E-state index contributed by atoms with van der Waals surface area (Å²) in [6.45, 7) is 3.28. The molecule has 3 amide bonds. The molecule has 0 spiro atoms. The predicted octanol–water partition coefficient (Wildman–Crippen LogP) is -0.683. The van der Waals surface area contributed by atoms with E-state index in [2.05, 4.69) is 41.2 Å². The molecule has 12 heteroatoms. The Morgan fingerprint density at radius 2 is 1.38 bits per heavy atom. The topological polar surface area (TPSA) is 171 Å². The number of phenolic OH excluding ortho intramolecular Hbond substituents is 1. The number of hydrogen-bond donors (Lipinski definition) is 8. The molecule has 0 heterocycles. The maximum absolute atomic E-state index is 12.6. The van der Waals surface area contributed by atoms with E-state index >= 15 is 0 Å². The van der Waals surface area contributed by atoms with Crippen molar-refractivity contribution in [2.24, 2.45) is 11.7 Å². The number of benzene rings is 1. The summed E-state index contributed by atoms with van der Waals surface area (Å²) in [5.74, 6) is -3.61. The molecule has 32 heavy (non-hydrogen) atoms. The number of carbonyl (C=O) groups excluding carboxylic acids is 3. The third-order valence-corrected chi connectivity index (χ3v) is 5.32. The zero-order valence-electron chi connectivity index (χ0n) is 17.8. The first-order chi connectivity index (χ1) is 15.0. The summed E-state index contributed by atoms with van der Waals surface area (Å²) in [6.07, 6.45) is 0.181. The number of nitrogens with two attached hydrogens (primary N) is 1. The highest BCUT2D eigenvalue weighted by Gasteiger charge is 2.30. The van der Waals surface area contributed by atoms with E-state index in [0.717, 1.165) is 5.56 Å². The van der Waals surface area contributed by atoms with E-state index in [1.54, 1.807) is 26.0 Å². The molecule has 0 aromatic heterocycles. The number of aromatic hydroxyl groups is 1. The third-order valence-electron chi connectivity index (χ3n) is 4.59. The number of amides is 3. The van der Waals surface area contributed by atoms with Crippen LogP contribution in [0.2, 0.25) is 0 Å². The molecule has 0 radical (unpaired) electrons. The van der Waals surface area contributed by atoms with E-state index in [1.165, 1.54) is 12.1 Å². The van der Waals surface area contributed by atoms with Gasteiger partial charge >= 0.3 is 5.97 Å². The number of hydrogen-bond acceptors (Lipinski definition) is 8. The molecule has 0 aliphatic heterocycles. The SMILES string of the molecule is CC(C)C(NC(=O)C(CS)NC(=O)C(CS)NC(=O)C(N)Cc1ccc(O)cc1)C(=O)O. The molecule has 1 aromatic carbocycles. The van der Waals surface area contributed by atoms with Crippen molar-refractivity contribution >= 4 is 48.9 Å². The predicted molar refractivity (Wildman–Crippen MR) is 126 cm³/mol. The van der Waals surface area contributed by atoms with Gasteiger partial charge < -0.3 is 31.9 Å². The number of carboxylic acids is 1. The Bertz CT molecular complexity index is 806. The Morgan fingerprint density at radius 3 is 1.81 bits per heavy atom. The van der Waals surface area contributed by atoms with Crippen LogP contribution >= 0.6 is 25.3 Å². The van der Waals surface area contributed by atoms with Gasteiger partial charge in [0.25, 0.3) is 0 Å². The Hall–Kier alpha value is -2.44. The Morgan fingerprint density at radius 1 is 0.906 bits per heavy atom. The summed E-state index contributed by atoms with van der Waals surface area (Å²) in [6, 6.07) is 1.93. The summed E-state index contributed by atoms with van der Waals surface area (Å²) in [7, 11) is 0. The smallest absolute Gasteiger partial charge is 0.326 e. The number of carboxylic acid groups (broad SMARTS) is 1. The van der Waals surface area contributed by atoms with Crippen molar-refractivity contribution in [1.29, 1.82) is 0 Å². The molecule has 1 aromatic rings. The average molecular weight is 487 g/mol. The zero-order chi connectivity index (χ0) is 24.4. The van der Waals surface area contributed by atoms with Crippen LogP contribution in [0.3, 0.4) is 0 Å². The number of carbonyl (C=O) groups is 4. The van der Waals surface area contributed by atoms with Gasteiger partial charge in [-0.05, 0) is 30.0 Å². The first-order valence-corrected chi connectivity index (χ1v) is 11.2. The molecule has 7 N–H and O–H groups in total. The van der Waals surface area contributed by atoms with E-state index in [4.69, 9.17) is 5.73 Å². The van der Waals surface area contributed by atoms with Crippen LogP contribution in [0.4, 0.5) is 0 Å². The fourth-order valence-electron chi connectivity index (χ4n) is 2.69. The van der Waals surface area contributed by atoms with Crippen molar-refractivity contribution in [1.82, 2.24) is 16.0 Å². The number of phenols is 1. The second kappa shape index (κ2) is 13.2. The summed E-state index contributed by atoms with van der Waals surface area (Å²) < 4.78 is 0. The largest absolute Gasteiger partial charge is 0.508 e. The Balaban J connectivity index is 2.72. The second-order valence-electron chi connectivity index (χ2n) is 7.53. The second-order valence-corrected chi connectivity index (χ2v) is 8.26. The van der Waals surface area contributed by atoms with Crippen LogP contribution < -0.4 is 21.7 Å². The van der Waals surface area contributed by atoms with Gasteiger partial charge in [0.15, 0.2) is 0 Å². The van der Waals surface area contributed by atoms with Crippen LogP contribution in [0.5, 0.6) is 5.75 Å². The standard InChI is InChI=1S/C20H30N4O6S2/c1-10(2)16(20(29)30)24-19(28)15(9-32)23-18(27)14(8-31)22-17(26)13(21)7-11-3-5-12(25)6-4-11/h3-6,10,13-16,25,31-32H,7-9,21H2,1-2H3,(H,22,26)(H,23,27)(H,24,28)(H,29,30). The van der Waals surface area contributed by atoms with Crippen molar-refractivity contribution in [3.8, 4) is 5.75 Å². The molecule has 4 atom stereocenters. The molecular formula is C20H30N4O6S2. The third kappa shape index (κ3) is 8.60. The van der Waals surface area contributed by atoms with Gasteiger partial charge in [-0.15, -0.1) is 0 Å². The van der Waals surface area contributed by atoms with E-state index in [0.29, 0.717) is 0 Å². The molecule has 0 saturated heterocycles. The summed E-state index contributed by atoms with van der Waals surface area (Å²) in [4.78, 5) is 48.7.